The quantitative estimate of drug-likeness (QED) is 0.654. The second-order valence-electron chi connectivity index (χ2n) is 6.67. The molecule has 3 rings (SSSR count). The summed E-state index contributed by atoms with van der Waals surface area (Å²) >= 11 is 0. The van der Waals surface area contributed by atoms with E-state index in [1.807, 2.05) is 19.1 Å². The van der Waals surface area contributed by atoms with Gasteiger partial charge < -0.3 is 10.6 Å². The van der Waals surface area contributed by atoms with E-state index in [-0.39, 0.29) is 18.1 Å². The average Bonchev–Trinajstić information content (AvgIpc) is 2.73. The maximum atomic E-state index is 13.7. The van der Waals surface area contributed by atoms with Crippen molar-refractivity contribution in [2.45, 2.75) is 26.8 Å². The molecule has 8 heteroatoms. The molecular formula is C22H21FN4O3. The fourth-order valence-corrected chi connectivity index (χ4v) is 2.76. The highest BCUT2D eigenvalue weighted by Crippen LogP contribution is 2.23. The number of rotatable bonds is 6. The Morgan fingerprint density at radius 3 is 2.47 bits per heavy atom. The van der Waals surface area contributed by atoms with Crippen LogP contribution in [0.15, 0.2) is 59.4 Å². The molecule has 3 aromatic rings. The number of aromatic nitrogens is 2. The van der Waals surface area contributed by atoms with Crippen molar-refractivity contribution in [2.24, 2.45) is 0 Å². The van der Waals surface area contributed by atoms with E-state index in [9.17, 15) is 18.8 Å². The van der Waals surface area contributed by atoms with E-state index in [0.29, 0.717) is 23.4 Å². The van der Waals surface area contributed by atoms with E-state index in [4.69, 9.17) is 0 Å². The van der Waals surface area contributed by atoms with Crippen molar-refractivity contribution in [1.29, 1.82) is 0 Å². The predicted molar refractivity (Wildman–Crippen MR) is 113 cm³/mol. The van der Waals surface area contributed by atoms with E-state index in [2.05, 4.69) is 15.7 Å². The maximum Gasteiger partial charge on any atom is 0.267 e. The molecule has 0 spiro atoms. The number of anilines is 2. The normalized spacial score (nSPS) is 10.5. The zero-order valence-electron chi connectivity index (χ0n) is 16.6. The topological polar surface area (TPSA) is 93.1 Å². The fourth-order valence-electron chi connectivity index (χ4n) is 2.76. The van der Waals surface area contributed by atoms with Gasteiger partial charge in [0.05, 0.1) is 11.4 Å². The number of carbonyl (C=O) groups excluding carboxylic acids is 2. The number of carbonyl (C=O) groups is 2. The minimum atomic E-state index is -0.577. The lowest BCUT2D eigenvalue weighted by molar-refractivity contribution is -0.117. The van der Waals surface area contributed by atoms with Crippen LogP contribution in [0, 0.1) is 12.7 Å². The van der Waals surface area contributed by atoms with Crippen molar-refractivity contribution in [1.82, 2.24) is 9.78 Å². The summed E-state index contributed by atoms with van der Waals surface area (Å²) in [5.41, 5.74) is 2.24. The SMILES string of the molecule is CCC(=O)Nc1cc(-c2ccc(=O)n(CC(=O)Nc3ccccc3F)n2)ccc1C. The fraction of sp³-hybridized carbons (Fsp3) is 0.182. The third-order valence-electron chi connectivity index (χ3n) is 4.44. The predicted octanol–water partition coefficient (Wildman–Crippen LogP) is 3.35. The lowest BCUT2D eigenvalue weighted by Gasteiger charge is -2.11. The van der Waals surface area contributed by atoms with E-state index in [1.54, 1.807) is 25.1 Å². The van der Waals surface area contributed by atoms with Crippen LogP contribution in [0.1, 0.15) is 18.9 Å². The van der Waals surface area contributed by atoms with Gasteiger partial charge in [0.2, 0.25) is 11.8 Å². The van der Waals surface area contributed by atoms with Gasteiger partial charge in [-0.15, -0.1) is 0 Å². The Labute approximate surface area is 172 Å². The first kappa shape index (κ1) is 20.9. The van der Waals surface area contributed by atoms with Gasteiger partial charge in [0.15, 0.2) is 0 Å². The number of nitrogens with one attached hydrogen (secondary N) is 2. The smallest absolute Gasteiger partial charge is 0.267 e. The minimum Gasteiger partial charge on any atom is -0.326 e. The van der Waals surface area contributed by atoms with Crippen LogP contribution in [0.4, 0.5) is 15.8 Å². The number of para-hydroxylation sites is 1. The second kappa shape index (κ2) is 9.13. The first-order chi connectivity index (χ1) is 14.4. The molecule has 1 aromatic heterocycles. The molecular weight excluding hydrogens is 387 g/mol. The highest BCUT2D eigenvalue weighted by Gasteiger charge is 2.11. The van der Waals surface area contributed by atoms with Crippen LogP contribution in [0.3, 0.4) is 0 Å². The van der Waals surface area contributed by atoms with Gasteiger partial charge in [-0.3, -0.25) is 14.4 Å². The molecule has 2 amide bonds. The van der Waals surface area contributed by atoms with Crippen molar-refractivity contribution in [3.05, 3.63) is 76.3 Å². The van der Waals surface area contributed by atoms with Gasteiger partial charge in [0.1, 0.15) is 12.4 Å². The van der Waals surface area contributed by atoms with Crippen LogP contribution < -0.4 is 16.2 Å². The summed E-state index contributed by atoms with van der Waals surface area (Å²) in [6.07, 6.45) is 0.351. The number of aryl methyl sites for hydroxylation is 1. The van der Waals surface area contributed by atoms with Crippen molar-refractivity contribution in [2.75, 3.05) is 10.6 Å². The third kappa shape index (κ3) is 4.96. The monoisotopic (exact) mass is 408 g/mol. The molecule has 0 bridgehead atoms. The number of hydrogen-bond donors (Lipinski definition) is 2. The molecule has 0 saturated heterocycles. The van der Waals surface area contributed by atoms with Gasteiger partial charge in [-0.05, 0) is 36.8 Å². The standard InChI is InChI=1S/C22H21FN4O3/c1-3-20(28)25-19-12-15(9-8-14(19)2)17-10-11-22(30)27(26-17)13-21(29)24-18-7-5-4-6-16(18)23/h4-12H,3,13H2,1-2H3,(H,24,29)(H,25,28). The van der Waals surface area contributed by atoms with Crippen LogP contribution in [0.5, 0.6) is 0 Å². The number of hydrogen-bond acceptors (Lipinski definition) is 4. The lowest BCUT2D eigenvalue weighted by Crippen LogP contribution is -2.29. The van der Waals surface area contributed by atoms with Crippen LogP contribution in [0.25, 0.3) is 11.3 Å². The van der Waals surface area contributed by atoms with Gasteiger partial charge in [0.25, 0.3) is 5.56 Å². The summed E-state index contributed by atoms with van der Waals surface area (Å²) in [4.78, 5) is 36.1. The molecule has 0 aliphatic rings. The molecule has 0 unspecified atom stereocenters. The summed E-state index contributed by atoms with van der Waals surface area (Å²) in [5.74, 6) is -1.26. The van der Waals surface area contributed by atoms with E-state index >= 15 is 0 Å². The summed E-state index contributed by atoms with van der Waals surface area (Å²) in [5, 5.41) is 9.51. The van der Waals surface area contributed by atoms with Crippen LogP contribution in [-0.2, 0) is 16.1 Å². The van der Waals surface area contributed by atoms with Gasteiger partial charge in [-0.2, -0.15) is 5.10 Å². The summed E-state index contributed by atoms with van der Waals surface area (Å²) in [6.45, 7) is 3.26. The third-order valence-corrected chi connectivity index (χ3v) is 4.44. The van der Waals surface area contributed by atoms with E-state index < -0.39 is 17.3 Å². The molecule has 30 heavy (non-hydrogen) atoms. The highest BCUT2D eigenvalue weighted by molar-refractivity contribution is 5.92. The highest BCUT2D eigenvalue weighted by atomic mass is 19.1. The average molecular weight is 408 g/mol. The number of amides is 2. The van der Waals surface area contributed by atoms with Crippen molar-refractivity contribution >= 4 is 23.2 Å². The van der Waals surface area contributed by atoms with Gasteiger partial charge in [-0.1, -0.05) is 31.2 Å². The van der Waals surface area contributed by atoms with Crippen molar-refractivity contribution in [3.63, 3.8) is 0 Å². The maximum absolute atomic E-state index is 13.7. The first-order valence-corrected chi connectivity index (χ1v) is 9.41. The van der Waals surface area contributed by atoms with E-state index in [1.165, 1.54) is 24.3 Å². The van der Waals surface area contributed by atoms with Crippen LogP contribution in [-0.4, -0.2) is 21.6 Å². The summed E-state index contributed by atoms with van der Waals surface area (Å²) < 4.78 is 14.7. The van der Waals surface area contributed by atoms with E-state index in [0.717, 1.165) is 10.2 Å². The number of halogens is 1. The van der Waals surface area contributed by atoms with Gasteiger partial charge in [0, 0.05) is 23.7 Å². The second-order valence-corrected chi connectivity index (χ2v) is 6.67. The van der Waals surface area contributed by atoms with Crippen molar-refractivity contribution < 1.29 is 14.0 Å². The zero-order chi connectivity index (χ0) is 21.7. The Hall–Kier alpha value is -3.81. The first-order valence-electron chi connectivity index (χ1n) is 9.41. The Morgan fingerprint density at radius 1 is 1.00 bits per heavy atom. The van der Waals surface area contributed by atoms with Gasteiger partial charge in [-0.25, -0.2) is 9.07 Å². The Morgan fingerprint density at radius 2 is 1.73 bits per heavy atom. The van der Waals surface area contributed by atoms with Gasteiger partial charge >= 0.3 is 0 Å². The Bertz CT molecular complexity index is 1160. The molecule has 7 nitrogen and oxygen atoms in total. The zero-order valence-corrected chi connectivity index (χ0v) is 16.6. The molecule has 2 N–H and O–H groups in total. The molecule has 0 atom stereocenters. The lowest BCUT2D eigenvalue weighted by atomic mass is 10.1. The van der Waals surface area contributed by atoms with Crippen LogP contribution >= 0.6 is 0 Å². The molecule has 154 valence electrons. The molecule has 0 radical (unpaired) electrons. The Kier molecular flexibility index (Phi) is 6.36. The molecule has 0 aliphatic heterocycles. The number of nitrogens with zero attached hydrogens (tertiary/aromatic N) is 2. The summed E-state index contributed by atoms with van der Waals surface area (Å²) in [7, 11) is 0. The largest absolute Gasteiger partial charge is 0.326 e. The molecule has 0 aliphatic carbocycles. The molecule has 0 fully saturated rings. The summed E-state index contributed by atoms with van der Waals surface area (Å²) in [6, 6.07) is 14.0. The molecule has 1 heterocycles. The van der Waals surface area contributed by atoms with Crippen molar-refractivity contribution in [3.8, 4) is 11.3 Å². The Balaban J connectivity index is 1.84. The molecule has 0 saturated carbocycles. The molecule has 2 aromatic carbocycles. The minimum absolute atomic E-state index is 0.0292. The van der Waals surface area contributed by atoms with Crippen LogP contribution in [0.2, 0.25) is 0 Å². The number of benzene rings is 2.